The van der Waals surface area contributed by atoms with Gasteiger partial charge in [-0.05, 0) is 54.8 Å². The largest absolute Gasteiger partial charge is 0.466 e. The molecule has 6 nitrogen and oxygen atoms in total. The van der Waals surface area contributed by atoms with Gasteiger partial charge in [-0.2, -0.15) is 13.2 Å². The minimum absolute atomic E-state index is 0.0478. The van der Waals surface area contributed by atoms with Gasteiger partial charge in [-0.3, -0.25) is 4.79 Å². The highest BCUT2D eigenvalue weighted by Gasteiger charge is 2.30. The fraction of sp³-hybridized carbons (Fsp3) is 0.231. The van der Waals surface area contributed by atoms with Gasteiger partial charge >= 0.3 is 12.1 Å². The molecular weight excluding hydrogens is 493 g/mol. The maximum absolute atomic E-state index is 13.0. The number of nitrogens with one attached hydrogen (secondary N) is 1. The number of ether oxygens (including phenoxy) is 1. The van der Waals surface area contributed by atoms with E-state index in [2.05, 4.69) is 9.97 Å². The lowest BCUT2D eigenvalue weighted by Crippen LogP contribution is -2.10. The molecule has 0 saturated heterocycles. The first-order valence-corrected chi connectivity index (χ1v) is 12.9. The lowest BCUT2D eigenvalue weighted by Gasteiger charge is -2.07. The SMILES string of the molecule is CCOC(=O)CCCS(=O)(=O)c1ccc(-c2ccc(-c3nc4ccc(C(F)(F)F)cc4[nH]3)cc2)cc1. The van der Waals surface area contributed by atoms with Crippen molar-refractivity contribution in [1.82, 2.24) is 9.97 Å². The number of H-pyrrole nitrogens is 1. The second-order valence-electron chi connectivity index (χ2n) is 8.14. The van der Waals surface area contributed by atoms with Gasteiger partial charge in [-0.15, -0.1) is 0 Å². The van der Waals surface area contributed by atoms with Crippen LogP contribution in [0.25, 0.3) is 33.5 Å². The highest BCUT2D eigenvalue weighted by Crippen LogP contribution is 2.32. The number of carbonyl (C=O) groups is 1. The summed E-state index contributed by atoms with van der Waals surface area (Å²) in [4.78, 5) is 18.9. The molecular formula is C26H23F3N2O4S. The van der Waals surface area contributed by atoms with Crippen molar-refractivity contribution in [3.63, 3.8) is 0 Å². The maximum atomic E-state index is 13.0. The number of rotatable bonds is 8. The molecule has 0 atom stereocenters. The number of imidazole rings is 1. The highest BCUT2D eigenvalue weighted by molar-refractivity contribution is 7.91. The predicted octanol–water partition coefficient (Wildman–Crippen LogP) is 6.03. The van der Waals surface area contributed by atoms with Crippen molar-refractivity contribution in [2.45, 2.75) is 30.8 Å². The number of alkyl halides is 3. The van der Waals surface area contributed by atoms with E-state index in [1.807, 2.05) is 12.1 Å². The number of fused-ring (bicyclic) bond motifs is 1. The van der Waals surface area contributed by atoms with E-state index < -0.39 is 27.5 Å². The lowest BCUT2D eigenvalue weighted by atomic mass is 10.0. The molecule has 188 valence electrons. The van der Waals surface area contributed by atoms with Crippen LogP contribution in [0.5, 0.6) is 0 Å². The van der Waals surface area contributed by atoms with Crippen molar-refractivity contribution >= 4 is 26.8 Å². The molecule has 0 saturated carbocycles. The molecule has 4 rings (SSSR count). The van der Waals surface area contributed by atoms with E-state index in [4.69, 9.17) is 4.74 Å². The second kappa shape index (κ2) is 10.1. The Morgan fingerprint density at radius 1 is 0.944 bits per heavy atom. The molecule has 3 aromatic carbocycles. The van der Waals surface area contributed by atoms with E-state index in [1.165, 1.54) is 18.2 Å². The third-order valence-corrected chi connectivity index (χ3v) is 7.43. The molecule has 0 radical (unpaired) electrons. The first-order valence-electron chi connectivity index (χ1n) is 11.2. The number of halogens is 3. The minimum Gasteiger partial charge on any atom is -0.466 e. The Balaban J connectivity index is 1.47. The van der Waals surface area contributed by atoms with Gasteiger partial charge in [0.25, 0.3) is 0 Å². The normalized spacial score (nSPS) is 12.1. The third-order valence-electron chi connectivity index (χ3n) is 5.61. The fourth-order valence-corrected chi connectivity index (χ4v) is 5.07. The zero-order valence-corrected chi connectivity index (χ0v) is 20.1. The molecule has 0 unspecified atom stereocenters. The quantitative estimate of drug-likeness (QED) is 0.289. The zero-order valence-electron chi connectivity index (χ0n) is 19.3. The van der Waals surface area contributed by atoms with Crippen molar-refractivity contribution in [2.75, 3.05) is 12.4 Å². The number of aromatic amines is 1. The Hall–Kier alpha value is -3.66. The van der Waals surface area contributed by atoms with E-state index in [-0.39, 0.29) is 30.1 Å². The third kappa shape index (κ3) is 5.76. The molecule has 0 fully saturated rings. The van der Waals surface area contributed by atoms with E-state index >= 15 is 0 Å². The first kappa shape index (κ1) is 25.4. The fourth-order valence-electron chi connectivity index (χ4n) is 3.76. The van der Waals surface area contributed by atoms with E-state index in [1.54, 1.807) is 31.2 Å². The summed E-state index contributed by atoms with van der Waals surface area (Å²) in [5.41, 5.74) is 2.31. The monoisotopic (exact) mass is 516 g/mol. The average molecular weight is 517 g/mol. The molecule has 0 aliphatic rings. The minimum atomic E-state index is -4.43. The summed E-state index contributed by atoms with van der Waals surface area (Å²) in [6, 6.07) is 17.1. The summed E-state index contributed by atoms with van der Waals surface area (Å²) in [7, 11) is -3.53. The van der Waals surface area contributed by atoms with Gasteiger partial charge in [0.1, 0.15) is 5.82 Å². The smallest absolute Gasteiger partial charge is 0.416 e. The summed E-state index contributed by atoms with van der Waals surface area (Å²) in [5, 5.41) is 0. The maximum Gasteiger partial charge on any atom is 0.416 e. The Bertz CT molecular complexity index is 1480. The van der Waals surface area contributed by atoms with Crippen LogP contribution in [0.1, 0.15) is 25.3 Å². The van der Waals surface area contributed by atoms with Crippen LogP contribution >= 0.6 is 0 Å². The second-order valence-corrected chi connectivity index (χ2v) is 10.3. The number of hydrogen-bond donors (Lipinski definition) is 1. The van der Waals surface area contributed by atoms with E-state index in [0.29, 0.717) is 22.4 Å². The van der Waals surface area contributed by atoms with Crippen LogP contribution < -0.4 is 0 Å². The van der Waals surface area contributed by atoms with Gasteiger partial charge in [0.2, 0.25) is 0 Å². The zero-order chi connectivity index (χ0) is 25.9. The topological polar surface area (TPSA) is 89.1 Å². The number of esters is 1. The molecule has 36 heavy (non-hydrogen) atoms. The Labute approximate surface area is 206 Å². The summed E-state index contributed by atoms with van der Waals surface area (Å²) in [5.74, 6) is -0.123. The Morgan fingerprint density at radius 2 is 1.56 bits per heavy atom. The van der Waals surface area contributed by atoms with Crippen molar-refractivity contribution in [1.29, 1.82) is 0 Å². The number of carbonyl (C=O) groups excluding carboxylic acids is 1. The number of nitrogens with zero attached hydrogens (tertiary/aromatic N) is 1. The highest BCUT2D eigenvalue weighted by atomic mass is 32.2. The lowest BCUT2D eigenvalue weighted by molar-refractivity contribution is -0.143. The van der Waals surface area contributed by atoms with E-state index in [0.717, 1.165) is 23.3 Å². The molecule has 0 amide bonds. The van der Waals surface area contributed by atoms with Crippen LogP contribution in [0, 0.1) is 0 Å². The van der Waals surface area contributed by atoms with Crippen LogP contribution in [0.4, 0.5) is 13.2 Å². The molecule has 1 aromatic heterocycles. The summed E-state index contributed by atoms with van der Waals surface area (Å²) >= 11 is 0. The standard InChI is InChI=1S/C26H23F3N2O4S/c1-2-35-24(32)4-3-15-36(33,34)21-12-9-18(10-13-21)17-5-7-19(8-6-17)25-30-22-14-11-20(26(27,28)29)16-23(22)31-25/h5-14,16H,2-4,15H2,1H3,(H,30,31). The number of aromatic nitrogens is 2. The van der Waals surface area contributed by atoms with Gasteiger partial charge < -0.3 is 9.72 Å². The van der Waals surface area contributed by atoms with Gasteiger partial charge in [-0.25, -0.2) is 13.4 Å². The first-order chi connectivity index (χ1) is 17.1. The van der Waals surface area contributed by atoms with E-state index in [9.17, 15) is 26.4 Å². The molecule has 10 heteroatoms. The van der Waals surface area contributed by atoms with Crippen LogP contribution in [0.3, 0.4) is 0 Å². The average Bonchev–Trinajstić information content (AvgIpc) is 3.27. The number of sulfone groups is 1. The predicted molar refractivity (Wildman–Crippen MR) is 130 cm³/mol. The molecule has 0 bridgehead atoms. The summed E-state index contributed by atoms with van der Waals surface area (Å²) in [6.07, 6.45) is -4.20. The molecule has 0 aliphatic carbocycles. The van der Waals surface area contributed by atoms with Crippen molar-refractivity contribution in [3.8, 4) is 22.5 Å². The number of hydrogen-bond acceptors (Lipinski definition) is 5. The van der Waals surface area contributed by atoms with Crippen LogP contribution in [0.2, 0.25) is 0 Å². The molecule has 4 aromatic rings. The van der Waals surface area contributed by atoms with Crippen LogP contribution in [-0.2, 0) is 25.5 Å². The van der Waals surface area contributed by atoms with Gasteiger partial charge in [-0.1, -0.05) is 36.4 Å². The molecule has 0 aliphatic heterocycles. The summed E-state index contributed by atoms with van der Waals surface area (Å²) < 4.78 is 68.8. The van der Waals surface area contributed by atoms with Crippen molar-refractivity contribution in [2.24, 2.45) is 0 Å². The van der Waals surface area contributed by atoms with Gasteiger partial charge in [0.15, 0.2) is 9.84 Å². The molecule has 1 heterocycles. The Kier molecular flexibility index (Phi) is 7.16. The Morgan fingerprint density at radius 3 is 2.17 bits per heavy atom. The van der Waals surface area contributed by atoms with Crippen LogP contribution in [0.15, 0.2) is 71.6 Å². The van der Waals surface area contributed by atoms with Crippen molar-refractivity contribution in [3.05, 3.63) is 72.3 Å². The number of benzene rings is 3. The van der Waals surface area contributed by atoms with Gasteiger partial charge in [0, 0.05) is 12.0 Å². The molecule has 1 N–H and O–H groups in total. The van der Waals surface area contributed by atoms with Crippen molar-refractivity contribution < 1.29 is 31.1 Å². The molecule has 0 spiro atoms. The van der Waals surface area contributed by atoms with Gasteiger partial charge in [0.05, 0.1) is 33.9 Å². The summed E-state index contributed by atoms with van der Waals surface area (Å²) in [6.45, 7) is 1.95. The van der Waals surface area contributed by atoms with Crippen LogP contribution in [-0.4, -0.2) is 36.7 Å².